The van der Waals surface area contributed by atoms with Crippen LogP contribution in [0.4, 0.5) is 0 Å². The van der Waals surface area contributed by atoms with Gasteiger partial charge in [0.15, 0.2) is 0 Å². The van der Waals surface area contributed by atoms with E-state index >= 15 is 0 Å². The molecule has 0 aromatic carbocycles. The number of hydrogen-bond donors (Lipinski definition) is 4. The van der Waals surface area contributed by atoms with Gasteiger partial charge >= 0.3 is 159 Å². The minimum atomic E-state index is -5.25. The summed E-state index contributed by atoms with van der Waals surface area (Å²) in [6, 6.07) is 0. The molecule has 4 N–H and O–H groups in total. The molecule has 0 atom stereocenters. The third kappa shape index (κ3) is 200. The van der Waals surface area contributed by atoms with Gasteiger partial charge in [0, 0.05) is 19.5 Å². The summed E-state index contributed by atoms with van der Waals surface area (Å²) in [5.41, 5.74) is 0. The first-order valence-corrected chi connectivity index (χ1v) is 5.76. The molecule has 13 heteroatoms. The van der Waals surface area contributed by atoms with E-state index in [1.165, 1.54) is 0 Å². The van der Waals surface area contributed by atoms with Gasteiger partial charge in [0.25, 0.3) is 0 Å². The van der Waals surface area contributed by atoms with Crippen molar-refractivity contribution in [1.82, 2.24) is 0 Å². The standard InChI is InChI=1S/Ba.2Cr.K.4H2O.4O.Zn.3H/h;;;;4*1H2;;;;;;;;/q3*+2;+1;;;;;;;;;;3*-1/p-4. The van der Waals surface area contributed by atoms with Gasteiger partial charge in [-0.05, 0) is 0 Å². The van der Waals surface area contributed by atoms with Gasteiger partial charge in [-0.1, -0.05) is 0 Å². The second-order valence-corrected chi connectivity index (χ2v) is 3.69. The van der Waals surface area contributed by atoms with Crippen LogP contribution in [0, 0.1) is 0 Å². The van der Waals surface area contributed by atoms with Gasteiger partial charge in [-0.2, -0.15) is 0 Å². The Balaban J connectivity index is -0.00000000970. The van der Waals surface area contributed by atoms with Crippen LogP contribution in [0.1, 0.15) is 4.28 Å². The fourth-order valence-electron chi connectivity index (χ4n) is 0. The molecule has 0 aliphatic rings. The van der Waals surface area contributed by atoms with E-state index in [4.69, 9.17) is 31.8 Å². The number of hydrogen-bond acceptors (Lipinski definition) is 4. The minimum Gasteiger partial charge on any atom is 0 e. The Kier molecular flexibility index (Phi) is 32.5. The van der Waals surface area contributed by atoms with E-state index < -0.39 is 27.2 Å². The zero-order valence-corrected chi connectivity index (χ0v) is 19.7. The molecule has 8 nitrogen and oxygen atoms in total. The van der Waals surface area contributed by atoms with Crippen LogP contribution < -0.4 is 51.4 Å². The maximum atomic E-state index is 8.82. The van der Waals surface area contributed by atoms with E-state index in [0.29, 0.717) is 0 Å². The quantitative estimate of drug-likeness (QED) is 0.251. The van der Waals surface area contributed by atoms with Crippen LogP contribution in [0.5, 0.6) is 0 Å². The predicted molar refractivity (Wildman–Crippen MR) is 20.7 cm³/mol. The smallest absolute Gasteiger partial charge is 0 e. The Labute approximate surface area is 178 Å². The average molecular weight is 481 g/mol. The Bertz CT molecular complexity index is 230. The molecule has 0 unspecified atom stereocenters. The summed E-state index contributed by atoms with van der Waals surface area (Å²) >= 11 is -10.5. The summed E-state index contributed by atoms with van der Waals surface area (Å²) < 4.78 is 63.8. The molecule has 0 aromatic rings. The van der Waals surface area contributed by atoms with Crippen molar-refractivity contribution in [3.05, 3.63) is 0 Å². The summed E-state index contributed by atoms with van der Waals surface area (Å²) in [5, 5.41) is 0. The van der Waals surface area contributed by atoms with Crippen LogP contribution in [-0.4, -0.2) is 65.5 Å². The van der Waals surface area contributed by atoms with Crippen LogP contribution >= 0.6 is 0 Å². The molecule has 0 rings (SSSR count). The first kappa shape index (κ1) is 30.2. The maximum Gasteiger partial charge on any atom is 0 e. The van der Waals surface area contributed by atoms with E-state index in [1.807, 2.05) is 0 Å². The molecule has 72 valence electrons. The zero-order chi connectivity index (χ0) is 9.00. The first-order chi connectivity index (χ1) is 4.00. The molecule has 0 saturated heterocycles. The molecule has 0 radical (unpaired) electrons. The Morgan fingerprint density at radius 3 is 0.769 bits per heavy atom. The van der Waals surface area contributed by atoms with E-state index in [2.05, 4.69) is 0 Å². The van der Waals surface area contributed by atoms with Gasteiger partial charge in [0.1, 0.15) is 0 Å². The predicted octanol–water partition coefficient (Wildman–Crippen LogP) is -5.75. The van der Waals surface area contributed by atoms with Gasteiger partial charge in [0.2, 0.25) is 0 Å². The molecule has 0 amide bonds. The van der Waals surface area contributed by atoms with Crippen LogP contribution in [-0.2, 0) is 61.9 Å². The molecule has 0 spiro atoms. The van der Waals surface area contributed by atoms with E-state index in [9.17, 15) is 0 Å². The summed E-state index contributed by atoms with van der Waals surface area (Å²) in [4.78, 5) is 0. The monoisotopic (exact) mass is 480 g/mol. The van der Waals surface area contributed by atoms with E-state index in [0.717, 1.165) is 0 Å². The van der Waals surface area contributed by atoms with Crippen molar-refractivity contribution in [3.63, 3.8) is 0 Å². The normalized spacial score (nSPS) is 8.92. The minimum absolute atomic E-state index is 0. The zero-order valence-electron chi connectivity index (χ0n) is 9.65. The molecule has 0 aliphatic carbocycles. The fraction of sp³-hybridized carbons (Fsp3) is 0. The molecule has 0 fully saturated rings. The molecule has 0 saturated carbocycles. The van der Waals surface area contributed by atoms with Gasteiger partial charge in [-0.15, -0.1) is 0 Å². The van der Waals surface area contributed by atoms with Gasteiger partial charge < -0.3 is 4.28 Å². The van der Waals surface area contributed by atoms with E-state index in [-0.39, 0.29) is 124 Å². The second-order valence-electron chi connectivity index (χ2n) is 0.896. The van der Waals surface area contributed by atoms with Crippen LogP contribution in [0.25, 0.3) is 0 Å². The van der Waals surface area contributed by atoms with Crippen molar-refractivity contribution in [1.29, 1.82) is 0 Å². The third-order valence-electron chi connectivity index (χ3n) is 0. The van der Waals surface area contributed by atoms with Crippen molar-refractivity contribution in [2.24, 2.45) is 0 Å². The SMILES string of the molecule is [Ba+2].[H-].[H-].[H-].[K+].[O]=[Cr](=[O])([OH])[OH].[O]=[Cr](=[O])([OH])[OH].[Zn]. The van der Waals surface area contributed by atoms with Gasteiger partial charge in [0.05, 0.1) is 0 Å². The van der Waals surface area contributed by atoms with Gasteiger partial charge in [-0.25, -0.2) is 0 Å². The second kappa shape index (κ2) is 14.0. The number of rotatable bonds is 0. The van der Waals surface area contributed by atoms with Crippen LogP contribution in [0.3, 0.4) is 0 Å². The van der Waals surface area contributed by atoms with Crippen molar-refractivity contribution < 1.29 is 134 Å². The van der Waals surface area contributed by atoms with Crippen molar-refractivity contribution in [2.75, 3.05) is 0 Å². The summed E-state index contributed by atoms with van der Waals surface area (Å²) in [7, 11) is 0. The molecule has 0 aromatic heterocycles. The Morgan fingerprint density at radius 1 is 0.769 bits per heavy atom. The third-order valence-corrected chi connectivity index (χ3v) is 0. The summed E-state index contributed by atoms with van der Waals surface area (Å²) in [5.74, 6) is 0. The summed E-state index contributed by atoms with van der Waals surface area (Å²) in [6.45, 7) is 0. The average Bonchev–Trinajstić information content (AvgIpc) is 1.12. The van der Waals surface area contributed by atoms with Gasteiger partial charge in [-0.3, -0.25) is 0 Å². The molecular weight excluding hydrogens is 474 g/mol. The van der Waals surface area contributed by atoms with Crippen LogP contribution in [0.2, 0.25) is 0 Å². The maximum absolute atomic E-state index is 8.82. The molecule has 0 aliphatic heterocycles. The molecule has 0 heterocycles. The molecular formula is H7BaCr2KO8Zn. The van der Waals surface area contributed by atoms with Crippen LogP contribution in [0.15, 0.2) is 0 Å². The fourth-order valence-corrected chi connectivity index (χ4v) is 0. The Morgan fingerprint density at radius 2 is 0.769 bits per heavy atom. The molecule has 13 heavy (non-hydrogen) atoms. The Hall–Kier alpha value is 3.94. The van der Waals surface area contributed by atoms with E-state index in [1.54, 1.807) is 0 Å². The van der Waals surface area contributed by atoms with Crippen molar-refractivity contribution in [3.8, 4) is 0 Å². The topological polar surface area (TPSA) is 149 Å². The van der Waals surface area contributed by atoms with Crippen molar-refractivity contribution >= 4 is 48.9 Å². The largest absolute Gasteiger partial charge is 0 e. The summed E-state index contributed by atoms with van der Waals surface area (Å²) in [6.07, 6.45) is 0. The molecule has 0 bridgehead atoms. The van der Waals surface area contributed by atoms with Crippen molar-refractivity contribution in [2.45, 2.75) is 0 Å². The first-order valence-electron chi connectivity index (χ1n) is 1.40.